The maximum atomic E-state index is 13.9. The molecular weight excluding hydrogens is 403 g/mol. The van der Waals surface area contributed by atoms with Crippen LogP contribution < -0.4 is 15.8 Å². The summed E-state index contributed by atoms with van der Waals surface area (Å²) in [7, 11) is 0. The van der Waals surface area contributed by atoms with E-state index in [4.69, 9.17) is 16.3 Å². The summed E-state index contributed by atoms with van der Waals surface area (Å²) in [6.07, 6.45) is 2.63. The zero-order valence-corrected chi connectivity index (χ0v) is 15.9. The first-order chi connectivity index (χ1) is 14.0. The van der Waals surface area contributed by atoms with E-state index in [0.717, 1.165) is 4.57 Å². The lowest BCUT2D eigenvalue weighted by Crippen LogP contribution is -2.37. The second kappa shape index (κ2) is 8.10. The number of rotatable bonds is 4. The van der Waals surface area contributed by atoms with Gasteiger partial charge in [0.25, 0.3) is 5.56 Å². The summed E-state index contributed by atoms with van der Waals surface area (Å²) in [6, 6.07) is 4.26. The number of benzene rings is 1. The molecule has 1 saturated heterocycles. The standard InChI is InChI=1S/C18H16ClFN6O3/c19-12-2-1-3-13(15(12)20)23-14(27)9-26-10-22-16-11(17(26)28)8-21-18(24-16)25-4-6-29-7-5-25/h1-3,8,10H,4-7,9H2,(H,23,27). The third-order valence-corrected chi connectivity index (χ3v) is 4.69. The molecule has 3 aromatic rings. The van der Waals surface area contributed by atoms with Crippen molar-refractivity contribution in [3.8, 4) is 0 Å². The average Bonchev–Trinajstić information content (AvgIpc) is 2.74. The van der Waals surface area contributed by atoms with Gasteiger partial charge in [-0.25, -0.2) is 14.4 Å². The van der Waals surface area contributed by atoms with Crippen LogP contribution in [0.1, 0.15) is 0 Å². The Balaban J connectivity index is 1.55. The normalized spacial score (nSPS) is 14.2. The third kappa shape index (κ3) is 4.03. The Labute approximate surface area is 169 Å². The monoisotopic (exact) mass is 418 g/mol. The minimum atomic E-state index is -0.740. The maximum Gasteiger partial charge on any atom is 0.264 e. The first-order valence-corrected chi connectivity index (χ1v) is 9.19. The van der Waals surface area contributed by atoms with Gasteiger partial charge in [-0.2, -0.15) is 4.98 Å². The van der Waals surface area contributed by atoms with E-state index < -0.39 is 17.3 Å². The van der Waals surface area contributed by atoms with E-state index in [0.29, 0.717) is 32.3 Å². The fraction of sp³-hybridized carbons (Fsp3) is 0.278. The molecule has 0 atom stereocenters. The highest BCUT2D eigenvalue weighted by molar-refractivity contribution is 6.31. The number of anilines is 2. The SMILES string of the molecule is O=C(Cn1cnc2nc(N3CCOCC3)ncc2c1=O)Nc1cccc(Cl)c1F. The number of aromatic nitrogens is 4. The predicted octanol–water partition coefficient (Wildman–Crippen LogP) is 1.45. The molecule has 11 heteroatoms. The highest BCUT2D eigenvalue weighted by Gasteiger charge is 2.17. The summed E-state index contributed by atoms with van der Waals surface area (Å²) in [5.41, 5.74) is -0.294. The molecule has 0 unspecified atom stereocenters. The molecule has 1 aromatic carbocycles. The minimum absolute atomic E-state index is 0.0669. The quantitative estimate of drug-likeness (QED) is 0.684. The van der Waals surface area contributed by atoms with E-state index in [-0.39, 0.29) is 28.3 Å². The largest absolute Gasteiger partial charge is 0.378 e. The van der Waals surface area contributed by atoms with Crippen LogP contribution in [0.2, 0.25) is 5.02 Å². The number of ether oxygens (including phenoxy) is 1. The van der Waals surface area contributed by atoms with Crippen molar-refractivity contribution in [3.63, 3.8) is 0 Å². The second-order valence-electron chi connectivity index (χ2n) is 6.33. The van der Waals surface area contributed by atoms with Crippen LogP contribution in [0.4, 0.5) is 16.0 Å². The van der Waals surface area contributed by atoms with Gasteiger partial charge in [0.15, 0.2) is 11.5 Å². The van der Waals surface area contributed by atoms with Gasteiger partial charge >= 0.3 is 0 Å². The van der Waals surface area contributed by atoms with Gasteiger partial charge in [0.05, 0.1) is 23.9 Å². The number of halogens is 2. The van der Waals surface area contributed by atoms with Crippen LogP contribution in [0, 0.1) is 5.82 Å². The van der Waals surface area contributed by atoms with Crippen LogP contribution in [-0.4, -0.2) is 51.7 Å². The lowest BCUT2D eigenvalue weighted by atomic mass is 10.3. The van der Waals surface area contributed by atoms with Crippen LogP contribution in [0.25, 0.3) is 11.0 Å². The van der Waals surface area contributed by atoms with E-state index in [1.165, 1.54) is 30.7 Å². The van der Waals surface area contributed by atoms with Crippen molar-refractivity contribution in [2.24, 2.45) is 0 Å². The fourth-order valence-corrected chi connectivity index (χ4v) is 3.09. The molecule has 0 saturated carbocycles. The molecule has 0 aliphatic carbocycles. The number of morpholine rings is 1. The zero-order valence-electron chi connectivity index (χ0n) is 15.1. The molecule has 4 rings (SSSR count). The molecule has 1 N–H and O–H groups in total. The van der Waals surface area contributed by atoms with Crippen LogP contribution >= 0.6 is 11.6 Å². The number of nitrogens with one attached hydrogen (secondary N) is 1. The lowest BCUT2D eigenvalue weighted by molar-refractivity contribution is -0.116. The number of amides is 1. The molecule has 0 radical (unpaired) electrons. The van der Waals surface area contributed by atoms with Gasteiger partial charge in [0.2, 0.25) is 11.9 Å². The number of hydrogen-bond acceptors (Lipinski definition) is 7. The van der Waals surface area contributed by atoms with Crippen molar-refractivity contribution in [2.45, 2.75) is 6.54 Å². The highest BCUT2D eigenvalue weighted by Crippen LogP contribution is 2.21. The Morgan fingerprint density at radius 3 is 2.86 bits per heavy atom. The van der Waals surface area contributed by atoms with Crippen LogP contribution in [-0.2, 0) is 16.1 Å². The van der Waals surface area contributed by atoms with Gasteiger partial charge < -0.3 is 15.0 Å². The van der Waals surface area contributed by atoms with Crippen molar-refractivity contribution in [2.75, 3.05) is 36.5 Å². The van der Waals surface area contributed by atoms with Crippen molar-refractivity contribution in [3.05, 3.63) is 51.9 Å². The minimum Gasteiger partial charge on any atom is -0.378 e. The first-order valence-electron chi connectivity index (χ1n) is 8.81. The topological polar surface area (TPSA) is 102 Å². The van der Waals surface area contributed by atoms with E-state index in [2.05, 4.69) is 20.3 Å². The van der Waals surface area contributed by atoms with Crippen molar-refractivity contribution < 1.29 is 13.9 Å². The molecule has 1 amide bonds. The molecule has 0 spiro atoms. The molecule has 2 aromatic heterocycles. The van der Waals surface area contributed by atoms with Crippen LogP contribution in [0.5, 0.6) is 0 Å². The van der Waals surface area contributed by atoms with Gasteiger partial charge in [-0.15, -0.1) is 0 Å². The van der Waals surface area contributed by atoms with Crippen LogP contribution in [0.15, 0.2) is 35.5 Å². The van der Waals surface area contributed by atoms with Gasteiger partial charge in [0.1, 0.15) is 18.3 Å². The molecule has 3 heterocycles. The summed E-state index contributed by atoms with van der Waals surface area (Å²) in [6.45, 7) is 2.13. The number of carbonyl (C=O) groups is 1. The van der Waals surface area contributed by atoms with Crippen molar-refractivity contribution in [1.29, 1.82) is 0 Å². The Bertz CT molecular complexity index is 1130. The smallest absolute Gasteiger partial charge is 0.264 e. The number of carbonyl (C=O) groups excluding carboxylic acids is 1. The van der Waals surface area contributed by atoms with Gasteiger partial charge in [0, 0.05) is 19.3 Å². The molecule has 150 valence electrons. The van der Waals surface area contributed by atoms with Gasteiger partial charge in [-0.05, 0) is 12.1 Å². The van der Waals surface area contributed by atoms with Crippen molar-refractivity contribution in [1.82, 2.24) is 19.5 Å². The molecule has 0 bridgehead atoms. The van der Waals surface area contributed by atoms with Crippen molar-refractivity contribution >= 4 is 40.2 Å². The molecule has 29 heavy (non-hydrogen) atoms. The Kier molecular flexibility index (Phi) is 5.36. The van der Waals surface area contributed by atoms with E-state index in [9.17, 15) is 14.0 Å². The van der Waals surface area contributed by atoms with E-state index >= 15 is 0 Å². The predicted molar refractivity (Wildman–Crippen MR) is 105 cm³/mol. The number of fused-ring (bicyclic) bond motifs is 1. The maximum absolute atomic E-state index is 13.9. The lowest BCUT2D eigenvalue weighted by Gasteiger charge is -2.26. The number of nitrogens with zero attached hydrogens (tertiary/aromatic N) is 5. The Morgan fingerprint density at radius 1 is 1.28 bits per heavy atom. The van der Waals surface area contributed by atoms with Gasteiger partial charge in [-0.1, -0.05) is 17.7 Å². The summed E-state index contributed by atoms with van der Waals surface area (Å²) < 4.78 is 20.3. The Morgan fingerprint density at radius 2 is 2.07 bits per heavy atom. The van der Waals surface area contributed by atoms with E-state index in [1.807, 2.05) is 4.90 Å². The third-order valence-electron chi connectivity index (χ3n) is 4.40. The highest BCUT2D eigenvalue weighted by atomic mass is 35.5. The summed E-state index contributed by atoms with van der Waals surface area (Å²) >= 11 is 5.70. The fourth-order valence-electron chi connectivity index (χ4n) is 2.92. The summed E-state index contributed by atoms with van der Waals surface area (Å²) in [5, 5.41) is 2.47. The average molecular weight is 419 g/mol. The molecule has 1 aliphatic heterocycles. The molecule has 9 nitrogen and oxygen atoms in total. The number of hydrogen-bond donors (Lipinski definition) is 1. The van der Waals surface area contributed by atoms with E-state index in [1.54, 1.807) is 0 Å². The zero-order chi connectivity index (χ0) is 20.4. The molecular formula is C18H16ClFN6O3. The Hall–Kier alpha value is -3.11. The first kappa shape index (κ1) is 19.2. The summed E-state index contributed by atoms with van der Waals surface area (Å²) in [4.78, 5) is 39.6. The van der Waals surface area contributed by atoms with Gasteiger partial charge in [-0.3, -0.25) is 14.2 Å². The summed E-state index contributed by atoms with van der Waals surface area (Å²) in [5.74, 6) is -0.865. The second-order valence-corrected chi connectivity index (χ2v) is 6.74. The molecule has 1 fully saturated rings. The molecule has 1 aliphatic rings. The van der Waals surface area contributed by atoms with Crippen LogP contribution in [0.3, 0.4) is 0 Å².